The lowest BCUT2D eigenvalue weighted by molar-refractivity contribution is 0.248. The van der Waals surface area contributed by atoms with Gasteiger partial charge in [0.1, 0.15) is 0 Å². The van der Waals surface area contributed by atoms with E-state index in [4.69, 9.17) is 11.5 Å². The van der Waals surface area contributed by atoms with Crippen molar-refractivity contribution in [2.75, 3.05) is 12.3 Å². The van der Waals surface area contributed by atoms with E-state index in [0.29, 0.717) is 6.54 Å². The molecule has 1 atom stereocenters. The van der Waals surface area contributed by atoms with Gasteiger partial charge in [0, 0.05) is 18.2 Å². The number of hydrogen-bond donors (Lipinski definition) is 3. The number of nitrogen functional groups attached to an aromatic ring is 1. The Morgan fingerprint density at radius 3 is 2.38 bits per heavy atom. The third kappa shape index (κ3) is 4.53. The lowest BCUT2D eigenvalue weighted by atomic mass is 9.91. The first kappa shape index (κ1) is 14.9. The minimum absolute atomic E-state index is 0.152. The number of para-hydroxylation sites is 1. The number of urea groups is 1. The van der Waals surface area contributed by atoms with E-state index in [9.17, 15) is 4.79 Å². The molecule has 0 bridgehead atoms. The lowest BCUT2D eigenvalue weighted by Gasteiger charge is -2.19. The number of carbonyl (C=O) groups is 1. The van der Waals surface area contributed by atoms with Crippen LogP contribution in [0.4, 0.5) is 10.5 Å². The lowest BCUT2D eigenvalue weighted by Crippen LogP contribution is -2.33. The number of nitrogens with two attached hydrogens (primary N) is 2. The summed E-state index contributed by atoms with van der Waals surface area (Å²) in [5, 5.41) is 2.69. The van der Waals surface area contributed by atoms with E-state index in [1.54, 1.807) is 0 Å². The zero-order valence-corrected chi connectivity index (χ0v) is 12.0. The van der Waals surface area contributed by atoms with E-state index >= 15 is 0 Å². The van der Waals surface area contributed by atoms with E-state index in [2.05, 4.69) is 17.4 Å². The van der Waals surface area contributed by atoms with Crippen LogP contribution >= 0.6 is 0 Å². The van der Waals surface area contributed by atoms with Gasteiger partial charge in [0.05, 0.1) is 0 Å². The zero-order valence-electron chi connectivity index (χ0n) is 12.0. The van der Waals surface area contributed by atoms with E-state index in [-0.39, 0.29) is 5.92 Å². The highest BCUT2D eigenvalue weighted by Gasteiger charge is 2.14. The SMILES string of the molecule is NC(=O)NCC(CCc1ccccc1)c1ccccc1N. The predicted octanol–water partition coefficient (Wildman–Crippen LogP) is 2.65. The van der Waals surface area contributed by atoms with E-state index in [0.717, 1.165) is 24.1 Å². The molecule has 0 aliphatic rings. The largest absolute Gasteiger partial charge is 0.398 e. The highest BCUT2D eigenvalue weighted by Crippen LogP contribution is 2.26. The zero-order chi connectivity index (χ0) is 15.1. The van der Waals surface area contributed by atoms with Gasteiger partial charge in [-0.25, -0.2) is 4.79 Å². The maximum atomic E-state index is 11.0. The van der Waals surface area contributed by atoms with E-state index in [1.807, 2.05) is 42.5 Å². The molecule has 0 saturated heterocycles. The Hall–Kier alpha value is -2.49. The Kier molecular flexibility index (Phi) is 5.21. The van der Waals surface area contributed by atoms with Crippen LogP contribution in [-0.4, -0.2) is 12.6 Å². The van der Waals surface area contributed by atoms with Crippen LogP contribution < -0.4 is 16.8 Å². The number of carbonyl (C=O) groups excluding carboxylic acids is 1. The van der Waals surface area contributed by atoms with Crippen molar-refractivity contribution in [2.24, 2.45) is 5.73 Å². The first-order valence-electron chi connectivity index (χ1n) is 7.08. The highest BCUT2D eigenvalue weighted by molar-refractivity contribution is 5.71. The van der Waals surface area contributed by atoms with Crippen molar-refractivity contribution in [3.8, 4) is 0 Å². The number of benzene rings is 2. The van der Waals surface area contributed by atoms with Crippen molar-refractivity contribution in [3.05, 3.63) is 65.7 Å². The molecule has 5 N–H and O–H groups in total. The number of anilines is 1. The molecular formula is C17H21N3O. The monoisotopic (exact) mass is 283 g/mol. The van der Waals surface area contributed by atoms with Crippen LogP contribution in [-0.2, 0) is 6.42 Å². The first-order chi connectivity index (χ1) is 10.2. The number of nitrogens with one attached hydrogen (secondary N) is 1. The molecular weight excluding hydrogens is 262 g/mol. The summed E-state index contributed by atoms with van der Waals surface area (Å²) in [5.41, 5.74) is 14.3. The van der Waals surface area contributed by atoms with Gasteiger partial charge in [-0.05, 0) is 30.0 Å². The van der Waals surface area contributed by atoms with Crippen LogP contribution in [0.3, 0.4) is 0 Å². The van der Waals surface area contributed by atoms with Crippen molar-refractivity contribution in [2.45, 2.75) is 18.8 Å². The van der Waals surface area contributed by atoms with Crippen LogP contribution in [0, 0.1) is 0 Å². The fourth-order valence-electron chi connectivity index (χ4n) is 2.46. The van der Waals surface area contributed by atoms with Gasteiger partial charge in [-0.15, -0.1) is 0 Å². The Bertz CT molecular complexity index is 584. The Labute approximate surface area is 125 Å². The summed E-state index contributed by atoms with van der Waals surface area (Å²) in [6.45, 7) is 0.496. The van der Waals surface area contributed by atoms with Crippen molar-refractivity contribution >= 4 is 11.7 Å². The third-order valence-electron chi connectivity index (χ3n) is 3.58. The van der Waals surface area contributed by atoms with Gasteiger partial charge in [0.15, 0.2) is 0 Å². The summed E-state index contributed by atoms with van der Waals surface area (Å²) in [5.74, 6) is 0.152. The minimum Gasteiger partial charge on any atom is -0.398 e. The predicted molar refractivity (Wildman–Crippen MR) is 85.9 cm³/mol. The highest BCUT2D eigenvalue weighted by atomic mass is 16.2. The Morgan fingerprint density at radius 2 is 1.71 bits per heavy atom. The summed E-state index contributed by atoms with van der Waals surface area (Å²) in [4.78, 5) is 11.0. The van der Waals surface area contributed by atoms with E-state index < -0.39 is 6.03 Å². The summed E-state index contributed by atoms with van der Waals surface area (Å²) in [6.07, 6.45) is 1.83. The molecule has 0 fully saturated rings. The standard InChI is InChI=1S/C17H21N3O/c18-16-9-5-4-8-15(16)14(12-20-17(19)21)11-10-13-6-2-1-3-7-13/h1-9,14H,10-12,18H2,(H3,19,20,21). The summed E-state index contributed by atoms with van der Waals surface area (Å²) in [6, 6.07) is 17.5. The molecule has 21 heavy (non-hydrogen) atoms. The number of aryl methyl sites for hydroxylation is 1. The van der Waals surface area contributed by atoms with Gasteiger partial charge in [0.2, 0.25) is 0 Å². The molecule has 2 rings (SSSR count). The summed E-state index contributed by atoms with van der Waals surface area (Å²) in [7, 11) is 0. The molecule has 0 heterocycles. The van der Waals surface area contributed by atoms with E-state index in [1.165, 1.54) is 5.56 Å². The maximum Gasteiger partial charge on any atom is 0.312 e. The van der Waals surface area contributed by atoms with Gasteiger partial charge in [-0.2, -0.15) is 0 Å². The molecule has 0 aliphatic carbocycles. The summed E-state index contributed by atoms with van der Waals surface area (Å²) < 4.78 is 0. The quantitative estimate of drug-likeness (QED) is 0.712. The van der Waals surface area contributed by atoms with Crippen molar-refractivity contribution in [1.82, 2.24) is 5.32 Å². The molecule has 2 aromatic rings. The molecule has 110 valence electrons. The van der Waals surface area contributed by atoms with Crippen molar-refractivity contribution < 1.29 is 4.79 Å². The normalized spacial score (nSPS) is 11.8. The molecule has 4 heteroatoms. The Morgan fingerprint density at radius 1 is 1.05 bits per heavy atom. The molecule has 0 aromatic heterocycles. The second kappa shape index (κ2) is 7.33. The molecule has 2 amide bonds. The number of primary amides is 1. The summed E-state index contributed by atoms with van der Waals surface area (Å²) >= 11 is 0. The van der Waals surface area contributed by atoms with Crippen LogP contribution in [0.15, 0.2) is 54.6 Å². The topological polar surface area (TPSA) is 81.1 Å². The molecule has 0 spiro atoms. The second-order valence-corrected chi connectivity index (χ2v) is 5.10. The fourth-order valence-corrected chi connectivity index (χ4v) is 2.46. The van der Waals surface area contributed by atoms with Crippen LogP contribution in [0.25, 0.3) is 0 Å². The molecule has 0 radical (unpaired) electrons. The van der Waals surface area contributed by atoms with Crippen LogP contribution in [0.1, 0.15) is 23.5 Å². The molecule has 0 saturated carbocycles. The van der Waals surface area contributed by atoms with Gasteiger partial charge in [-0.1, -0.05) is 48.5 Å². The van der Waals surface area contributed by atoms with Gasteiger partial charge < -0.3 is 16.8 Å². The fraction of sp³-hybridized carbons (Fsp3) is 0.235. The third-order valence-corrected chi connectivity index (χ3v) is 3.58. The Balaban J connectivity index is 2.09. The van der Waals surface area contributed by atoms with Crippen LogP contribution in [0.2, 0.25) is 0 Å². The molecule has 2 aromatic carbocycles. The average molecular weight is 283 g/mol. The molecule has 1 unspecified atom stereocenters. The molecule has 0 aliphatic heterocycles. The van der Waals surface area contributed by atoms with Gasteiger partial charge in [-0.3, -0.25) is 0 Å². The van der Waals surface area contributed by atoms with Gasteiger partial charge >= 0.3 is 6.03 Å². The second-order valence-electron chi connectivity index (χ2n) is 5.10. The maximum absolute atomic E-state index is 11.0. The van der Waals surface area contributed by atoms with Crippen molar-refractivity contribution in [3.63, 3.8) is 0 Å². The van der Waals surface area contributed by atoms with Crippen molar-refractivity contribution in [1.29, 1.82) is 0 Å². The average Bonchev–Trinajstić information content (AvgIpc) is 2.49. The number of hydrogen-bond acceptors (Lipinski definition) is 2. The number of amides is 2. The van der Waals surface area contributed by atoms with Gasteiger partial charge in [0.25, 0.3) is 0 Å². The first-order valence-corrected chi connectivity index (χ1v) is 7.08. The number of rotatable bonds is 6. The smallest absolute Gasteiger partial charge is 0.312 e. The van der Waals surface area contributed by atoms with Crippen LogP contribution in [0.5, 0.6) is 0 Å². The minimum atomic E-state index is -0.505. The molecule has 4 nitrogen and oxygen atoms in total.